The number of amides is 2. The van der Waals surface area contributed by atoms with Crippen LogP contribution in [0.25, 0.3) is 0 Å². The molecule has 1 unspecified atom stereocenters. The highest BCUT2D eigenvalue weighted by Crippen LogP contribution is 2.23. The van der Waals surface area contributed by atoms with Crippen molar-refractivity contribution in [2.45, 2.75) is 52.7 Å². The van der Waals surface area contributed by atoms with Gasteiger partial charge in [-0.3, -0.25) is 14.3 Å². The molecular formula is C14H21BrN4O2. The first kappa shape index (κ1) is 16.0. The van der Waals surface area contributed by atoms with Crippen molar-refractivity contribution in [1.82, 2.24) is 20.0 Å². The lowest BCUT2D eigenvalue weighted by Gasteiger charge is -2.23. The van der Waals surface area contributed by atoms with Crippen LogP contribution in [0.1, 0.15) is 38.1 Å². The van der Waals surface area contributed by atoms with Crippen LogP contribution in [0.3, 0.4) is 0 Å². The van der Waals surface area contributed by atoms with E-state index in [0.29, 0.717) is 25.9 Å². The first-order chi connectivity index (χ1) is 9.97. The van der Waals surface area contributed by atoms with Crippen molar-refractivity contribution >= 4 is 27.7 Å². The summed E-state index contributed by atoms with van der Waals surface area (Å²) in [5.74, 6) is -0.0753. The molecule has 1 aliphatic rings. The minimum Gasteiger partial charge on any atom is -0.344 e. The Kier molecular flexibility index (Phi) is 5.03. The number of hydrogen-bond acceptors (Lipinski definition) is 3. The third-order valence-electron chi connectivity index (χ3n) is 3.76. The van der Waals surface area contributed by atoms with Crippen LogP contribution in [-0.2, 0) is 22.7 Å². The largest absolute Gasteiger partial charge is 0.344 e. The van der Waals surface area contributed by atoms with Gasteiger partial charge in [-0.15, -0.1) is 0 Å². The average Bonchev–Trinajstić information content (AvgIpc) is 2.66. The minimum absolute atomic E-state index is 0.0169. The molecule has 0 aromatic carbocycles. The van der Waals surface area contributed by atoms with Crippen LogP contribution in [-0.4, -0.2) is 39.1 Å². The van der Waals surface area contributed by atoms with Gasteiger partial charge in [0.25, 0.3) is 0 Å². The predicted molar refractivity (Wildman–Crippen MR) is 82.6 cm³/mol. The van der Waals surface area contributed by atoms with Gasteiger partial charge in [-0.05, 0) is 36.2 Å². The van der Waals surface area contributed by atoms with Gasteiger partial charge in [0.1, 0.15) is 6.04 Å². The van der Waals surface area contributed by atoms with Crippen LogP contribution < -0.4 is 5.32 Å². The molecule has 0 bridgehead atoms. The molecule has 2 heterocycles. The fourth-order valence-electron chi connectivity index (χ4n) is 2.53. The molecule has 0 saturated carbocycles. The van der Waals surface area contributed by atoms with Crippen LogP contribution in [0.5, 0.6) is 0 Å². The number of aryl methyl sites for hydroxylation is 2. The molecule has 1 atom stereocenters. The lowest BCUT2D eigenvalue weighted by molar-refractivity contribution is -0.134. The molecule has 0 radical (unpaired) electrons. The first-order valence-electron chi connectivity index (χ1n) is 7.27. The summed E-state index contributed by atoms with van der Waals surface area (Å²) in [5, 5.41) is 7.22. The fourth-order valence-corrected chi connectivity index (χ4v) is 2.94. The number of nitrogens with one attached hydrogen (secondary N) is 1. The van der Waals surface area contributed by atoms with Crippen LogP contribution in [0.2, 0.25) is 0 Å². The molecule has 0 spiro atoms. The summed E-state index contributed by atoms with van der Waals surface area (Å²) in [6.07, 6.45) is 0.952. The van der Waals surface area contributed by atoms with Gasteiger partial charge in [0.2, 0.25) is 11.8 Å². The zero-order valence-electron chi connectivity index (χ0n) is 12.6. The second-order valence-electron chi connectivity index (χ2n) is 5.20. The number of carbonyl (C=O) groups is 2. The average molecular weight is 357 g/mol. The molecule has 1 aromatic heterocycles. The molecule has 21 heavy (non-hydrogen) atoms. The maximum atomic E-state index is 12.5. The fraction of sp³-hybridized carbons (Fsp3) is 0.643. The number of aromatic nitrogens is 2. The maximum absolute atomic E-state index is 12.5. The van der Waals surface area contributed by atoms with Crippen molar-refractivity contribution in [3.63, 3.8) is 0 Å². The summed E-state index contributed by atoms with van der Waals surface area (Å²) in [7, 11) is 0. The predicted octanol–water partition coefficient (Wildman–Crippen LogP) is 1.60. The molecule has 1 aliphatic heterocycles. The van der Waals surface area contributed by atoms with Gasteiger partial charge in [-0.25, -0.2) is 0 Å². The van der Waals surface area contributed by atoms with E-state index in [1.54, 1.807) is 4.90 Å². The molecule has 1 N–H and O–H groups in total. The van der Waals surface area contributed by atoms with E-state index in [4.69, 9.17) is 0 Å². The van der Waals surface area contributed by atoms with Crippen molar-refractivity contribution < 1.29 is 9.59 Å². The monoisotopic (exact) mass is 356 g/mol. The third-order valence-corrected chi connectivity index (χ3v) is 4.79. The van der Waals surface area contributed by atoms with Gasteiger partial charge in [0.05, 0.1) is 22.4 Å². The van der Waals surface area contributed by atoms with Gasteiger partial charge in [-0.1, -0.05) is 6.92 Å². The van der Waals surface area contributed by atoms with E-state index in [9.17, 15) is 9.59 Å². The van der Waals surface area contributed by atoms with Crippen LogP contribution >= 0.6 is 15.9 Å². The van der Waals surface area contributed by atoms with Crippen LogP contribution in [0, 0.1) is 6.92 Å². The topological polar surface area (TPSA) is 67.2 Å². The van der Waals surface area contributed by atoms with Gasteiger partial charge in [0.15, 0.2) is 0 Å². The number of nitrogens with zero attached hydrogens (tertiary/aromatic N) is 3. The van der Waals surface area contributed by atoms with Crippen LogP contribution in [0.15, 0.2) is 4.47 Å². The Labute approximate surface area is 133 Å². The van der Waals surface area contributed by atoms with Gasteiger partial charge < -0.3 is 10.2 Å². The zero-order chi connectivity index (χ0) is 15.6. The van der Waals surface area contributed by atoms with E-state index in [1.165, 1.54) is 0 Å². The zero-order valence-corrected chi connectivity index (χ0v) is 14.2. The summed E-state index contributed by atoms with van der Waals surface area (Å²) in [5.41, 5.74) is 1.89. The Balaban J connectivity index is 2.25. The Morgan fingerprint density at radius 1 is 1.38 bits per heavy atom. The molecule has 116 valence electrons. The second-order valence-corrected chi connectivity index (χ2v) is 5.99. The Morgan fingerprint density at radius 3 is 2.71 bits per heavy atom. The Hall–Kier alpha value is -1.37. The lowest BCUT2D eigenvalue weighted by Crippen LogP contribution is -2.44. The van der Waals surface area contributed by atoms with E-state index in [2.05, 4.69) is 26.3 Å². The van der Waals surface area contributed by atoms with E-state index < -0.39 is 6.04 Å². The van der Waals surface area contributed by atoms with Crippen molar-refractivity contribution in [3.05, 3.63) is 15.9 Å². The summed E-state index contributed by atoms with van der Waals surface area (Å²) < 4.78 is 2.84. The number of carbonyl (C=O) groups excluding carboxylic acids is 2. The molecule has 1 saturated heterocycles. The van der Waals surface area contributed by atoms with E-state index in [1.807, 2.05) is 25.5 Å². The minimum atomic E-state index is -0.419. The highest BCUT2D eigenvalue weighted by atomic mass is 79.9. The number of hydrogen-bond donors (Lipinski definition) is 1. The quantitative estimate of drug-likeness (QED) is 0.890. The van der Waals surface area contributed by atoms with E-state index >= 15 is 0 Å². The molecule has 1 aromatic rings. The highest BCUT2D eigenvalue weighted by Gasteiger charge is 2.29. The normalized spacial score (nSPS) is 19.6. The molecule has 6 nitrogen and oxygen atoms in total. The highest BCUT2D eigenvalue weighted by molar-refractivity contribution is 9.10. The molecule has 0 aliphatic carbocycles. The molecular weight excluding hydrogens is 336 g/mol. The lowest BCUT2D eigenvalue weighted by atomic mass is 10.2. The smallest absolute Gasteiger partial charge is 0.245 e. The third kappa shape index (κ3) is 3.28. The van der Waals surface area contributed by atoms with Crippen molar-refractivity contribution in [2.24, 2.45) is 0 Å². The Bertz CT molecular complexity index is 555. The molecule has 7 heteroatoms. The molecule has 2 rings (SSSR count). The van der Waals surface area contributed by atoms with Gasteiger partial charge >= 0.3 is 0 Å². The van der Waals surface area contributed by atoms with Crippen molar-refractivity contribution in [2.75, 3.05) is 6.54 Å². The first-order valence-corrected chi connectivity index (χ1v) is 8.07. The number of rotatable bonds is 4. The van der Waals surface area contributed by atoms with Crippen molar-refractivity contribution in [1.29, 1.82) is 0 Å². The molecule has 1 fully saturated rings. The van der Waals surface area contributed by atoms with Crippen LogP contribution in [0.4, 0.5) is 0 Å². The maximum Gasteiger partial charge on any atom is 0.245 e. The summed E-state index contributed by atoms with van der Waals surface area (Å²) in [4.78, 5) is 25.9. The van der Waals surface area contributed by atoms with E-state index in [-0.39, 0.29) is 11.8 Å². The van der Waals surface area contributed by atoms with Gasteiger partial charge in [0, 0.05) is 19.5 Å². The summed E-state index contributed by atoms with van der Waals surface area (Å²) >= 11 is 3.55. The summed E-state index contributed by atoms with van der Waals surface area (Å²) in [6, 6.07) is -0.419. The second kappa shape index (κ2) is 6.60. The van der Waals surface area contributed by atoms with Gasteiger partial charge in [-0.2, -0.15) is 5.10 Å². The SMILES string of the molecule is CCC1NC(=O)CCN(Cc2c(Br)c(C)nn2CC)C1=O. The standard InChI is InChI=1S/C14H21BrN4O2/c1-4-10-14(21)18(7-6-12(20)16-10)8-11-13(15)9(3)17-19(11)5-2/h10H,4-8H2,1-3H3,(H,16,20). The Morgan fingerprint density at radius 2 is 2.10 bits per heavy atom. The number of halogens is 1. The van der Waals surface area contributed by atoms with E-state index in [0.717, 1.165) is 22.4 Å². The summed E-state index contributed by atoms with van der Waals surface area (Å²) in [6.45, 7) is 7.53. The molecule has 2 amide bonds. The van der Waals surface area contributed by atoms with Crippen molar-refractivity contribution in [3.8, 4) is 0 Å².